The standard InChI is InChI=1S/C15H21BrFN/c1-10-3-6-15(18-2)12(7-10)8-11-9-13(17)4-5-14(11)16/h4-5,9-10,12,15,18H,3,6-8H2,1-2H3. The third-order valence-corrected chi connectivity index (χ3v) is 4.88. The molecule has 0 spiro atoms. The third-order valence-electron chi connectivity index (χ3n) is 4.11. The summed E-state index contributed by atoms with van der Waals surface area (Å²) >= 11 is 3.53. The molecule has 0 saturated heterocycles. The predicted molar refractivity (Wildman–Crippen MR) is 77.2 cm³/mol. The van der Waals surface area contributed by atoms with Crippen LogP contribution in [0, 0.1) is 17.7 Å². The quantitative estimate of drug-likeness (QED) is 0.883. The highest BCUT2D eigenvalue weighted by molar-refractivity contribution is 9.10. The Morgan fingerprint density at radius 2 is 2.17 bits per heavy atom. The zero-order valence-electron chi connectivity index (χ0n) is 11.0. The van der Waals surface area contributed by atoms with E-state index in [0.717, 1.165) is 22.4 Å². The molecule has 1 aromatic carbocycles. The van der Waals surface area contributed by atoms with Crippen LogP contribution in [-0.4, -0.2) is 13.1 Å². The Balaban J connectivity index is 2.12. The second kappa shape index (κ2) is 6.16. The molecule has 0 heterocycles. The summed E-state index contributed by atoms with van der Waals surface area (Å²) < 4.78 is 14.3. The first-order valence-corrected chi connectivity index (χ1v) is 7.50. The van der Waals surface area contributed by atoms with Crippen LogP contribution in [0.25, 0.3) is 0 Å². The maximum Gasteiger partial charge on any atom is 0.123 e. The van der Waals surface area contributed by atoms with Crippen LogP contribution in [0.5, 0.6) is 0 Å². The SMILES string of the molecule is CNC1CCC(C)CC1Cc1cc(F)ccc1Br. The molecule has 0 bridgehead atoms. The van der Waals surface area contributed by atoms with Gasteiger partial charge in [0.05, 0.1) is 0 Å². The van der Waals surface area contributed by atoms with Gasteiger partial charge in [0.25, 0.3) is 0 Å². The third kappa shape index (κ3) is 3.33. The maximum atomic E-state index is 13.3. The summed E-state index contributed by atoms with van der Waals surface area (Å²) in [7, 11) is 2.04. The van der Waals surface area contributed by atoms with Crippen molar-refractivity contribution in [3.05, 3.63) is 34.1 Å². The van der Waals surface area contributed by atoms with Crippen LogP contribution in [0.3, 0.4) is 0 Å². The minimum atomic E-state index is -0.141. The molecule has 1 nitrogen and oxygen atoms in total. The normalized spacial score (nSPS) is 28.3. The molecule has 3 unspecified atom stereocenters. The lowest BCUT2D eigenvalue weighted by Gasteiger charge is -2.35. The molecular formula is C15H21BrFN. The fourth-order valence-corrected chi connectivity index (χ4v) is 3.50. The largest absolute Gasteiger partial charge is 0.317 e. The maximum absolute atomic E-state index is 13.3. The molecule has 0 aromatic heterocycles. The molecule has 18 heavy (non-hydrogen) atoms. The fourth-order valence-electron chi connectivity index (χ4n) is 3.09. The molecular weight excluding hydrogens is 293 g/mol. The molecule has 1 aliphatic rings. The number of halogens is 2. The Labute approximate surface area is 117 Å². The van der Waals surface area contributed by atoms with Gasteiger partial charge in [-0.05, 0) is 68.3 Å². The molecule has 3 heteroatoms. The Morgan fingerprint density at radius 3 is 2.89 bits per heavy atom. The average Bonchev–Trinajstić information content (AvgIpc) is 2.34. The lowest BCUT2D eigenvalue weighted by molar-refractivity contribution is 0.220. The molecule has 0 aliphatic heterocycles. The molecule has 100 valence electrons. The van der Waals surface area contributed by atoms with Crippen molar-refractivity contribution in [3.8, 4) is 0 Å². The van der Waals surface area contributed by atoms with Gasteiger partial charge in [-0.15, -0.1) is 0 Å². The van der Waals surface area contributed by atoms with Crippen molar-refractivity contribution in [1.29, 1.82) is 0 Å². The number of benzene rings is 1. The van der Waals surface area contributed by atoms with Crippen molar-refractivity contribution < 1.29 is 4.39 Å². The Bertz CT molecular complexity index is 407. The molecule has 0 amide bonds. The highest BCUT2D eigenvalue weighted by Gasteiger charge is 2.28. The van der Waals surface area contributed by atoms with E-state index in [2.05, 4.69) is 28.2 Å². The molecule has 2 rings (SSSR count). The molecule has 1 fully saturated rings. The van der Waals surface area contributed by atoms with Gasteiger partial charge in [0.1, 0.15) is 5.82 Å². The van der Waals surface area contributed by atoms with E-state index >= 15 is 0 Å². The van der Waals surface area contributed by atoms with Crippen molar-refractivity contribution in [2.45, 2.75) is 38.6 Å². The lowest BCUT2D eigenvalue weighted by Crippen LogP contribution is -2.39. The van der Waals surface area contributed by atoms with Crippen LogP contribution < -0.4 is 5.32 Å². The van der Waals surface area contributed by atoms with Crippen molar-refractivity contribution in [2.75, 3.05) is 7.05 Å². The van der Waals surface area contributed by atoms with Crippen LogP contribution in [-0.2, 0) is 6.42 Å². The number of rotatable bonds is 3. The average molecular weight is 314 g/mol. The summed E-state index contributed by atoms with van der Waals surface area (Å²) in [6.45, 7) is 2.32. The predicted octanol–water partition coefficient (Wildman–Crippen LogP) is 4.15. The van der Waals surface area contributed by atoms with Gasteiger partial charge in [-0.3, -0.25) is 0 Å². The van der Waals surface area contributed by atoms with Crippen LogP contribution in [0.4, 0.5) is 4.39 Å². The van der Waals surface area contributed by atoms with E-state index in [-0.39, 0.29) is 5.82 Å². The second-order valence-corrected chi connectivity index (χ2v) is 6.37. The number of nitrogens with one attached hydrogen (secondary N) is 1. The fraction of sp³-hybridized carbons (Fsp3) is 0.600. The lowest BCUT2D eigenvalue weighted by atomic mass is 9.76. The van der Waals surface area contributed by atoms with E-state index in [9.17, 15) is 4.39 Å². The molecule has 0 radical (unpaired) electrons. The number of hydrogen-bond acceptors (Lipinski definition) is 1. The van der Waals surface area contributed by atoms with E-state index in [1.165, 1.54) is 25.3 Å². The van der Waals surface area contributed by atoms with E-state index < -0.39 is 0 Å². The molecule has 1 aliphatic carbocycles. The molecule has 1 N–H and O–H groups in total. The summed E-state index contributed by atoms with van der Waals surface area (Å²) in [6, 6.07) is 5.55. The van der Waals surface area contributed by atoms with Gasteiger partial charge in [0.2, 0.25) is 0 Å². The molecule has 3 atom stereocenters. The smallest absolute Gasteiger partial charge is 0.123 e. The van der Waals surface area contributed by atoms with Gasteiger partial charge in [-0.1, -0.05) is 22.9 Å². The highest BCUT2D eigenvalue weighted by atomic mass is 79.9. The van der Waals surface area contributed by atoms with Gasteiger partial charge < -0.3 is 5.32 Å². The van der Waals surface area contributed by atoms with Crippen LogP contribution in [0.2, 0.25) is 0 Å². The van der Waals surface area contributed by atoms with Gasteiger partial charge >= 0.3 is 0 Å². The topological polar surface area (TPSA) is 12.0 Å². The van der Waals surface area contributed by atoms with Crippen molar-refractivity contribution in [1.82, 2.24) is 5.32 Å². The van der Waals surface area contributed by atoms with Crippen molar-refractivity contribution >= 4 is 15.9 Å². The van der Waals surface area contributed by atoms with Gasteiger partial charge in [0, 0.05) is 10.5 Å². The first-order chi connectivity index (χ1) is 8.60. The summed E-state index contributed by atoms with van der Waals surface area (Å²) in [4.78, 5) is 0. The first kappa shape index (κ1) is 14.0. The van der Waals surface area contributed by atoms with Crippen LogP contribution in [0.15, 0.2) is 22.7 Å². The molecule has 1 aromatic rings. The summed E-state index contributed by atoms with van der Waals surface area (Å²) in [5.41, 5.74) is 1.09. The van der Waals surface area contributed by atoms with E-state index in [0.29, 0.717) is 12.0 Å². The van der Waals surface area contributed by atoms with Gasteiger partial charge in [-0.2, -0.15) is 0 Å². The zero-order valence-corrected chi connectivity index (χ0v) is 12.6. The van der Waals surface area contributed by atoms with Gasteiger partial charge in [-0.25, -0.2) is 4.39 Å². The highest BCUT2D eigenvalue weighted by Crippen LogP contribution is 2.33. The Kier molecular flexibility index (Phi) is 4.79. The minimum absolute atomic E-state index is 0.141. The monoisotopic (exact) mass is 313 g/mol. The Morgan fingerprint density at radius 1 is 1.39 bits per heavy atom. The minimum Gasteiger partial charge on any atom is -0.317 e. The number of hydrogen-bond donors (Lipinski definition) is 1. The summed E-state index contributed by atoms with van der Waals surface area (Å²) in [5.74, 6) is 1.25. The zero-order chi connectivity index (χ0) is 13.1. The summed E-state index contributed by atoms with van der Waals surface area (Å²) in [5, 5.41) is 3.42. The van der Waals surface area contributed by atoms with E-state index in [1.807, 2.05) is 13.1 Å². The first-order valence-electron chi connectivity index (χ1n) is 6.71. The van der Waals surface area contributed by atoms with E-state index in [4.69, 9.17) is 0 Å². The van der Waals surface area contributed by atoms with Crippen molar-refractivity contribution in [2.24, 2.45) is 11.8 Å². The molecule has 1 saturated carbocycles. The summed E-state index contributed by atoms with van der Waals surface area (Å²) in [6.07, 6.45) is 4.71. The van der Waals surface area contributed by atoms with Crippen LogP contribution >= 0.6 is 15.9 Å². The van der Waals surface area contributed by atoms with Crippen molar-refractivity contribution in [3.63, 3.8) is 0 Å². The second-order valence-electron chi connectivity index (χ2n) is 5.51. The van der Waals surface area contributed by atoms with Gasteiger partial charge in [0.15, 0.2) is 0 Å². The van der Waals surface area contributed by atoms with Crippen LogP contribution in [0.1, 0.15) is 31.7 Å². The van der Waals surface area contributed by atoms with E-state index in [1.54, 1.807) is 6.07 Å². The Hall–Kier alpha value is -0.410.